The topological polar surface area (TPSA) is 110 Å². The zero-order chi connectivity index (χ0) is 11.9. The Morgan fingerprint density at radius 3 is 2.75 bits per heavy atom. The molecule has 7 nitrogen and oxygen atoms in total. The summed E-state index contributed by atoms with van der Waals surface area (Å²) in [5, 5.41) is 0. The summed E-state index contributed by atoms with van der Waals surface area (Å²) >= 11 is 0. The molecule has 0 amide bonds. The van der Waals surface area contributed by atoms with E-state index in [9.17, 15) is 9.59 Å². The molecule has 0 bridgehead atoms. The van der Waals surface area contributed by atoms with E-state index in [0.29, 0.717) is 5.65 Å². The van der Waals surface area contributed by atoms with Crippen molar-refractivity contribution in [2.24, 2.45) is 0 Å². The lowest BCUT2D eigenvalue weighted by Gasteiger charge is -2.11. The fourth-order valence-electron chi connectivity index (χ4n) is 1.62. The molecule has 2 aromatic heterocycles. The maximum atomic E-state index is 11.7. The van der Waals surface area contributed by atoms with Crippen LogP contribution >= 0.6 is 0 Å². The number of H-pyrrole nitrogens is 2. The Hall–Kier alpha value is -2.05. The van der Waals surface area contributed by atoms with Gasteiger partial charge in [-0.2, -0.15) is 4.98 Å². The van der Waals surface area contributed by atoms with Gasteiger partial charge in [0.15, 0.2) is 17.1 Å². The van der Waals surface area contributed by atoms with Crippen molar-refractivity contribution < 1.29 is 0 Å². The first kappa shape index (κ1) is 10.5. The number of hydrogen-bond donors (Lipinski definition) is 3. The summed E-state index contributed by atoms with van der Waals surface area (Å²) in [6.07, 6.45) is 0.758. The van der Waals surface area contributed by atoms with Crippen molar-refractivity contribution in [3.63, 3.8) is 0 Å². The molecule has 0 spiro atoms. The molecule has 4 N–H and O–H groups in total. The zero-order valence-corrected chi connectivity index (χ0v) is 9.07. The number of aromatic amines is 2. The lowest BCUT2D eigenvalue weighted by Crippen LogP contribution is -2.32. The van der Waals surface area contributed by atoms with Gasteiger partial charge in [-0.25, -0.2) is 4.79 Å². The molecule has 16 heavy (non-hydrogen) atoms. The summed E-state index contributed by atoms with van der Waals surface area (Å²) in [6.45, 7) is 3.83. The fraction of sp³-hybridized carbons (Fsp3) is 0.444. The maximum Gasteiger partial charge on any atom is 0.330 e. The molecule has 0 aliphatic carbocycles. The maximum absolute atomic E-state index is 11.7. The number of nitrogens with two attached hydrogens (primary N) is 1. The minimum Gasteiger partial charge on any atom is -0.369 e. The largest absolute Gasteiger partial charge is 0.369 e. The highest BCUT2D eigenvalue weighted by Crippen LogP contribution is 2.13. The average Bonchev–Trinajstić information content (AvgIpc) is 2.59. The van der Waals surface area contributed by atoms with Crippen LogP contribution in [0.1, 0.15) is 26.3 Å². The van der Waals surface area contributed by atoms with E-state index in [0.717, 1.165) is 6.42 Å². The molecule has 1 unspecified atom stereocenters. The molecule has 2 aromatic rings. The minimum absolute atomic E-state index is 0.0467. The second-order valence-electron chi connectivity index (χ2n) is 3.71. The molecule has 2 rings (SSSR count). The molecule has 0 saturated heterocycles. The third kappa shape index (κ3) is 1.40. The molecule has 86 valence electrons. The van der Waals surface area contributed by atoms with Gasteiger partial charge < -0.3 is 10.7 Å². The minimum atomic E-state index is -0.497. The van der Waals surface area contributed by atoms with Crippen LogP contribution in [-0.4, -0.2) is 19.5 Å². The van der Waals surface area contributed by atoms with Crippen LogP contribution < -0.4 is 17.0 Å². The van der Waals surface area contributed by atoms with Gasteiger partial charge in [0.2, 0.25) is 0 Å². The molecule has 0 aliphatic rings. The number of nitrogen functional groups attached to an aromatic ring is 1. The molecule has 0 aromatic carbocycles. The molecule has 0 fully saturated rings. The van der Waals surface area contributed by atoms with E-state index in [1.165, 1.54) is 4.57 Å². The van der Waals surface area contributed by atoms with Crippen molar-refractivity contribution >= 4 is 17.1 Å². The molecule has 0 saturated carbocycles. The Labute approximate surface area is 90.3 Å². The fourth-order valence-corrected chi connectivity index (χ4v) is 1.62. The van der Waals surface area contributed by atoms with E-state index >= 15 is 0 Å². The third-order valence-corrected chi connectivity index (χ3v) is 2.63. The lowest BCUT2D eigenvalue weighted by atomic mass is 10.2. The quantitative estimate of drug-likeness (QED) is 0.663. The normalized spacial score (nSPS) is 13.1. The highest BCUT2D eigenvalue weighted by molar-refractivity contribution is 5.72. The van der Waals surface area contributed by atoms with Crippen LogP contribution in [-0.2, 0) is 0 Å². The second kappa shape index (κ2) is 3.51. The highest BCUT2D eigenvalue weighted by Gasteiger charge is 2.14. The van der Waals surface area contributed by atoms with Gasteiger partial charge in [-0.3, -0.25) is 14.3 Å². The van der Waals surface area contributed by atoms with Gasteiger partial charge in [-0.15, -0.1) is 0 Å². The van der Waals surface area contributed by atoms with Gasteiger partial charge in [0.25, 0.3) is 5.56 Å². The summed E-state index contributed by atoms with van der Waals surface area (Å²) in [6, 6.07) is -0.0467. The predicted molar refractivity (Wildman–Crippen MR) is 60.4 cm³/mol. The number of anilines is 1. The van der Waals surface area contributed by atoms with Gasteiger partial charge in [0, 0.05) is 6.04 Å². The number of imidazole rings is 1. The van der Waals surface area contributed by atoms with Crippen LogP contribution in [0.2, 0.25) is 0 Å². The SMILES string of the molecule is CCC(C)n1c(=O)[nH]c(=O)c2[nH]c(N)nc21. The number of nitrogens with zero attached hydrogens (tertiary/aromatic N) is 2. The summed E-state index contributed by atoms with van der Waals surface area (Å²) in [4.78, 5) is 32.0. The van der Waals surface area contributed by atoms with Crippen LogP contribution in [0.15, 0.2) is 9.59 Å². The van der Waals surface area contributed by atoms with Crippen molar-refractivity contribution in [3.8, 4) is 0 Å². The van der Waals surface area contributed by atoms with Gasteiger partial charge in [0.05, 0.1) is 0 Å². The van der Waals surface area contributed by atoms with Gasteiger partial charge in [-0.1, -0.05) is 6.92 Å². The number of fused-ring (bicyclic) bond motifs is 1. The summed E-state index contributed by atoms with van der Waals surface area (Å²) < 4.78 is 1.43. The van der Waals surface area contributed by atoms with Gasteiger partial charge in [-0.05, 0) is 13.3 Å². The first-order valence-corrected chi connectivity index (χ1v) is 5.04. The van der Waals surface area contributed by atoms with E-state index in [2.05, 4.69) is 15.0 Å². The molecule has 0 aliphatic heterocycles. The smallest absolute Gasteiger partial charge is 0.330 e. The molecular formula is C9H13N5O2. The number of nitrogens with one attached hydrogen (secondary N) is 2. The van der Waals surface area contributed by atoms with E-state index in [-0.39, 0.29) is 17.5 Å². The van der Waals surface area contributed by atoms with Crippen molar-refractivity contribution in [2.45, 2.75) is 26.3 Å². The zero-order valence-electron chi connectivity index (χ0n) is 9.07. The van der Waals surface area contributed by atoms with Crippen molar-refractivity contribution in [3.05, 3.63) is 20.8 Å². The molecule has 2 heterocycles. The third-order valence-electron chi connectivity index (χ3n) is 2.63. The van der Waals surface area contributed by atoms with Crippen LogP contribution in [0.4, 0.5) is 5.95 Å². The first-order valence-electron chi connectivity index (χ1n) is 5.04. The summed E-state index contributed by atoms with van der Waals surface area (Å²) in [5.41, 5.74) is 5.07. The van der Waals surface area contributed by atoms with Crippen LogP contribution in [0.25, 0.3) is 11.2 Å². The van der Waals surface area contributed by atoms with E-state index in [1.807, 2.05) is 13.8 Å². The molecular weight excluding hydrogens is 210 g/mol. The number of rotatable bonds is 2. The molecule has 0 radical (unpaired) electrons. The lowest BCUT2D eigenvalue weighted by molar-refractivity contribution is 0.517. The Morgan fingerprint density at radius 1 is 1.44 bits per heavy atom. The van der Waals surface area contributed by atoms with Crippen molar-refractivity contribution in [2.75, 3.05) is 5.73 Å². The Morgan fingerprint density at radius 2 is 2.12 bits per heavy atom. The summed E-state index contributed by atoms with van der Waals surface area (Å²) in [5.74, 6) is 0.128. The van der Waals surface area contributed by atoms with Crippen LogP contribution in [0, 0.1) is 0 Å². The summed E-state index contributed by atoms with van der Waals surface area (Å²) in [7, 11) is 0. The van der Waals surface area contributed by atoms with E-state index in [4.69, 9.17) is 5.73 Å². The monoisotopic (exact) mass is 223 g/mol. The molecule has 7 heteroatoms. The van der Waals surface area contributed by atoms with Crippen molar-refractivity contribution in [1.29, 1.82) is 0 Å². The highest BCUT2D eigenvalue weighted by atomic mass is 16.2. The van der Waals surface area contributed by atoms with Crippen LogP contribution in [0.3, 0.4) is 0 Å². The van der Waals surface area contributed by atoms with Crippen molar-refractivity contribution in [1.82, 2.24) is 19.5 Å². The molecule has 1 atom stereocenters. The standard InChI is InChI=1S/C9H13N5O2/c1-3-4(2)14-6-5(11-8(10)12-6)7(15)13-9(14)16/h4H,3H2,1-2H3,(H3,10,11,12)(H,13,15,16). The van der Waals surface area contributed by atoms with E-state index < -0.39 is 11.2 Å². The van der Waals surface area contributed by atoms with Gasteiger partial charge in [0.1, 0.15) is 0 Å². The number of hydrogen-bond acceptors (Lipinski definition) is 4. The van der Waals surface area contributed by atoms with Crippen LogP contribution in [0.5, 0.6) is 0 Å². The Bertz CT molecular complexity index is 635. The Kier molecular flexibility index (Phi) is 2.30. The first-order chi connectivity index (χ1) is 7.54. The van der Waals surface area contributed by atoms with Gasteiger partial charge >= 0.3 is 5.69 Å². The Balaban J connectivity index is 2.91. The second-order valence-corrected chi connectivity index (χ2v) is 3.71. The average molecular weight is 223 g/mol. The number of aromatic nitrogens is 4. The predicted octanol–water partition coefficient (Wildman–Crippen LogP) is -0.0339. The van der Waals surface area contributed by atoms with E-state index in [1.54, 1.807) is 0 Å².